The van der Waals surface area contributed by atoms with Gasteiger partial charge in [-0.2, -0.15) is 0 Å². The average Bonchev–Trinajstić information content (AvgIpc) is 3.17. The molecule has 26 heavy (non-hydrogen) atoms. The fourth-order valence-corrected chi connectivity index (χ4v) is 3.24. The molecule has 3 N–H and O–H groups in total. The molecule has 2 aromatic rings. The predicted octanol–water partition coefficient (Wildman–Crippen LogP) is 1.87. The second kappa shape index (κ2) is 7.67. The van der Waals surface area contributed by atoms with Crippen molar-refractivity contribution >= 4 is 11.9 Å². The van der Waals surface area contributed by atoms with E-state index in [4.69, 9.17) is 5.21 Å². The molecule has 0 atom stereocenters. The first-order chi connectivity index (χ1) is 12.5. The van der Waals surface area contributed by atoms with Crippen molar-refractivity contribution in [2.75, 3.05) is 7.05 Å². The Kier molecular flexibility index (Phi) is 5.34. The number of carbonyl (C=O) groups excluding carboxylic acids is 2. The lowest BCUT2D eigenvalue weighted by Crippen LogP contribution is -2.42. The fraction of sp³-hybridized carbons (Fsp3) is 0.389. The summed E-state index contributed by atoms with van der Waals surface area (Å²) in [6, 6.07) is 6.54. The monoisotopic (exact) mass is 358 g/mol. The number of nitrogens with zero attached hydrogens (tertiary/aromatic N) is 3. The van der Waals surface area contributed by atoms with Crippen molar-refractivity contribution in [3.63, 3.8) is 0 Å². The van der Waals surface area contributed by atoms with Crippen molar-refractivity contribution in [2.24, 2.45) is 0 Å². The lowest BCUT2D eigenvalue weighted by Gasteiger charge is -2.32. The van der Waals surface area contributed by atoms with Gasteiger partial charge in [-0.25, -0.2) is 15.3 Å². The summed E-state index contributed by atoms with van der Waals surface area (Å²) in [5.74, 6) is -0.610. The van der Waals surface area contributed by atoms with Crippen LogP contribution in [0.25, 0.3) is 11.3 Å². The van der Waals surface area contributed by atoms with Gasteiger partial charge in [0.1, 0.15) is 6.33 Å². The van der Waals surface area contributed by atoms with Crippen LogP contribution in [0.3, 0.4) is 0 Å². The van der Waals surface area contributed by atoms with E-state index in [1.54, 1.807) is 47.9 Å². The molecule has 8 heteroatoms. The molecule has 0 radical (unpaired) electrons. The maximum Gasteiger partial charge on any atom is 0.329 e. The molecule has 1 aliphatic rings. The van der Waals surface area contributed by atoms with E-state index in [0.29, 0.717) is 29.7 Å². The van der Waals surface area contributed by atoms with Crippen LogP contribution in [0.2, 0.25) is 0 Å². The van der Waals surface area contributed by atoms with Crippen molar-refractivity contribution in [3.05, 3.63) is 42.4 Å². The van der Waals surface area contributed by atoms with Crippen LogP contribution >= 0.6 is 0 Å². The second-order valence-corrected chi connectivity index (χ2v) is 6.54. The maximum absolute atomic E-state index is 12.7. The Hall–Kier alpha value is -2.71. The van der Waals surface area contributed by atoms with Crippen LogP contribution in [0.5, 0.6) is 0 Å². The summed E-state index contributed by atoms with van der Waals surface area (Å²) in [5, 5.41) is 18.4. The Morgan fingerprint density at radius 2 is 2.00 bits per heavy atom. The summed E-state index contributed by atoms with van der Waals surface area (Å²) in [6.45, 7) is 0. The Bertz CT molecular complexity index is 796. The summed E-state index contributed by atoms with van der Waals surface area (Å²) < 4.78 is 1.42. The summed E-state index contributed by atoms with van der Waals surface area (Å²) in [7, 11) is 1.76. The number of imidazole rings is 1. The van der Waals surface area contributed by atoms with Crippen LogP contribution in [0.4, 0.5) is 4.79 Å². The van der Waals surface area contributed by atoms with Gasteiger partial charge in [-0.15, -0.1) is 0 Å². The van der Waals surface area contributed by atoms with Gasteiger partial charge in [-0.05, 0) is 37.8 Å². The van der Waals surface area contributed by atoms with Gasteiger partial charge in [0.2, 0.25) is 0 Å². The van der Waals surface area contributed by atoms with Crippen LogP contribution in [-0.4, -0.2) is 55.9 Å². The molecule has 1 aromatic carbocycles. The zero-order chi connectivity index (χ0) is 18.7. The predicted molar refractivity (Wildman–Crippen MR) is 93.7 cm³/mol. The standard InChI is InChI=1S/C18H22N4O4/c1-21(14-5-7-15(23)8-6-14)18(25)22-10-16(19-11-22)12-3-2-4-13(9-12)17(24)20-26/h2-4,9-11,14-15,23,26H,5-8H2,1H3,(H,20,24)/t14-,15-. The summed E-state index contributed by atoms with van der Waals surface area (Å²) in [4.78, 5) is 30.2. The SMILES string of the molecule is CN(C(=O)n1cnc(-c2cccc(C(=O)NO)c2)c1)[C@H]1CC[C@H](O)CC1. The average molecular weight is 358 g/mol. The fourth-order valence-electron chi connectivity index (χ4n) is 3.24. The van der Waals surface area contributed by atoms with E-state index in [2.05, 4.69) is 4.98 Å². The third-order valence-electron chi connectivity index (χ3n) is 4.84. The molecule has 138 valence electrons. The van der Waals surface area contributed by atoms with Crippen LogP contribution in [0.1, 0.15) is 36.0 Å². The zero-order valence-electron chi connectivity index (χ0n) is 14.5. The highest BCUT2D eigenvalue weighted by molar-refractivity contribution is 5.94. The third-order valence-corrected chi connectivity index (χ3v) is 4.84. The van der Waals surface area contributed by atoms with Gasteiger partial charge in [0, 0.05) is 30.4 Å². The third kappa shape index (κ3) is 3.76. The minimum absolute atomic E-state index is 0.105. The van der Waals surface area contributed by atoms with Gasteiger partial charge in [0.25, 0.3) is 5.91 Å². The minimum Gasteiger partial charge on any atom is -0.393 e. The molecule has 0 saturated heterocycles. The van der Waals surface area contributed by atoms with Gasteiger partial charge in [0.15, 0.2) is 0 Å². The van der Waals surface area contributed by atoms with Gasteiger partial charge >= 0.3 is 6.03 Å². The lowest BCUT2D eigenvalue weighted by atomic mass is 9.92. The van der Waals surface area contributed by atoms with Crippen molar-refractivity contribution in [2.45, 2.75) is 37.8 Å². The topological polar surface area (TPSA) is 108 Å². The Morgan fingerprint density at radius 3 is 2.69 bits per heavy atom. The first-order valence-electron chi connectivity index (χ1n) is 8.53. The first-order valence-corrected chi connectivity index (χ1v) is 8.53. The summed E-state index contributed by atoms with van der Waals surface area (Å²) >= 11 is 0. The number of amides is 2. The van der Waals surface area contributed by atoms with Gasteiger partial charge in [-0.1, -0.05) is 12.1 Å². The Morgan fingerprint density at radius 1 is 1.27 bits per heavy atom. The second-order valence-electron chi connectivity index (χ2n) is 6.54. The number of aromatic nitrogens is 2. The maximum atomic E-state index is 12.7. The number of aliphatic hydroxyl groups is 1. The van der Waals surface area contributed by atoms with Crippen molar-refractivity contribution in [1.82, 2.24) is 19.9 Å². The van der Waals surface area contributed by atoms with E-state index in [1.165, 1.54) is 10.9 Å². The van der Waals surface area contributed by atoms with Crippen molar-refractivity contribution in [1.29, 1.82) is 0 Å². The van der Waals surface area contributed by atoms with Crippen LogP contribution in [-0.2, 0) is 0 Å². The van der Waals surface area contributed by atoms with Crippen molar-refractivity contribution in [3.8, 4) is 11.3 Å². The van der Waals surface area contributed by atoms with Gasteiger partial charge in [-0.3, -0.25) is 14.6 Å². The minimum atomic E-state index is -0.610. The van der Waals surface area contributed by atoms with E-state index in [1.807, 2.05) is 0 Å². The molecule has 1 saturated carbocycles. The van der Waals surface area contributed by atoms with E-state index < -0.39 is 5.91 Å². The summed E-state index contributed by atoms with van der Waals surface area (Å²) in [6.07, 6.45) is 5.77. The van der Waals surface area contributed by atoms with Crippen LogP contribution in [0, 0.1) is 0 Å². The zero-order valence-corrected chi connectivity index (χ0v) is 14.5. The number of aliphatic hydroxyl groups excluding tert-OH is 1. The molecule has 1 aromatic heterocycles. The number of nitrogens with one attached hydrogen (secondary N) is 1. The molecule has 3 rings (SSSR count). The Balaban J connectivity index is 1.75. The number of hydroxylamine groups is 1. The molecule has 8 nitrogen and oxygen atoms in total. The van der Waals surface area contributed by atoms with E-state index >= 15 is 0 Å². The number of hydrogen-bond acceptors (Lipinski definition) is 5. The van der Waals surface area contributed by atoms with E-state index in [0.717, 1.165) is 12.8 Å². The molecule has 1 fully saturated rings. The molecule has 2 amide bonds. The highest BCUT2D eigenvalue weighted by atomic mass is 16.5. The lowest BCUT2D eigenvalue weighted by molar-refractivity contribution is 0.0706. The summed E-state index contributed by atoms with van der Waals surface area (Å²) in [5.41, 5.74) is 3.11. The first kappa shape index (κ1) is 18.1. The molecule has 1 aliphatic carbocycles. The number of carbonyl (C=O) groups is 2. The van der Waals surface area contributed by atoms with Gasteiger partial charge < -0.3 is 10.0 Å². The number of hydrogen-bond donors (Lipinski definition) is 3. The van der Waals surface area contributed by atoms with Crippen molar-refractivity contribution < 1.29 is 19.9 Å². The molecule has 0 aliphatic heterocycles. The van der Waals surface area contributed by atoms with E-state index in [-0.39, 0.29) is 18.2 Å². The Labute approximate surface area is 151 Å². The molecule has 0 spiro atoms. The highest BCUT2D eigenvalue weighted by Crippen LogP contribution is 2.23. The molecule has 0 bridgehead atoms. The van der Waals surface area contributed by atoms with Crippen LogP contribution in [0.15, 0.2) is 36.8 Å². The van der Waals surface area contributed by atoms with Gasteiger partial charge in [0.05, 0.1) is 11.8 Å². The molecular weight excluding hydrogens is 336 g/mol. The molecular formula is C18H22N4O4. The van der Waals surface area contributed by atoms with E-state index in [9.17, 15) is 14.7 Å². The number of rotatable bonds is 3. The number of benzene rings is 1. The van der Waals surface area contributed by atoms with Crippen LogP contribution < -0.4 is 5.48 Å². The molecule has 1 heterocycles. The normalized spacial score (nSPS) is 19.8. The smallest absolute Gasteiger partial charge is 0.329 e. The highest BCUT2D eigenvalue weighted by Gasteiger charge is 2.26. The molecule has 0 unspecified atom stereocenters. The largest absolute Gasteiger partial charge is 0.393 e. The quantitative estimate of drug-likeness (QED) is 0.573.